The zero-order chi connectivity index (χ0) is 8.27. The SMILES string of the molecule is CCOc1conc1C(N)=O. The minimum absolute atomic E-state index is 0.0341. The number of amides is 1. The third kappa shape index (κ3) is 1.49. The van der Waals surface area contributed by atoms with Crippen molar-refractivity contribution in [3.63, 3.8) is 0 Å². The molecule has 0 unspecified atom stereocenters. The Labute approximate surface area is 63.1 Å². The molecule has 5 nitrogen and oxygen atoms in total. The largest absolute Gasteiger partial charge is 0.488 e. The summed E-state index contributed by atoms with van der Waals surface area (Å²) in [6.45, 7) is 2.24. The molecular formula is C6H8N2O3. The van der Waals surface area contributed by atoms with Crippen LogP contribution in [-0.4, -0.2) is 17.7 Å². The van der Waals surface area contributed by atoms with Crippen molar-refractivity contribution in [1.82, 2.24) is 5.16 Å². The maximum Gasteiger partial charge on any atom is 0.274 e. The molecule has 1 amide bonds. The standard InChI is InChI=1S/C6H8N2O3/c1-2-10-4-3-11-8-5(4)6(7)9/h3H,2H2,1H3,(H2,7,9). The number of hydrogen-bond donors (Lipinski definition) is 1. The Morgan fingerprint density at radius 1 is 1.91 bits per heavy atom. The average Bonchev–Trinajstić information content (AvgIpc) is 2.36. The summed E-state index contributed by atoms with van der Waals surface area (Å²) in [6.07, 6.45) is 1.24. The third-order valence-electron chi connectivity index (χ3n) is 1.07. The molecule has 0 radical (unpaired) electrons. The van der Waals surface area contributed by atoms with E-state index in [0.29, 0.717) is 12.4 Å². The lowest BCUT2D eigenvalue weighted by molar-refractivity contribution is 0.0988. The van der Waals surface area contributed by atoms with E-state index in [2.05, 4.69) is 9.68 Å². The Morgan fingerprint density at radius 3 is 3.18 bits per heavy atom. The third-order valence-corrected chi connectivity index (χ3v) is 1.07. The molecule has 60 valence electrons. The van der Waals surface area contributed by atoms with Crippen molar-refractivity contribution in [2.45, 2.75) is 6.92 Å². The quantitative estimate of drug-likeness (QED) is 0.676. The molecule has 0 fully saturated rings. The highest BCUT2D eigenvalue weighted by Crippen LogP contribution is 2.14. The van der Waals surface area contributed by atoms with Crippen LogP contribution in [0.5, 0.6) is 5.75 Å². The van der Waals surface area contributed by atoms with E-state index in [1.165, 1.54) is 6.26 Å². The first-order chi connectivity index (χ1) is 5.25. The minimum Gasteiger partial charge on any atom is -0.488 e. The summed E-state index contributed by atoms with van der Waals surface area (Å²) in [5, 5.41) is 3.36. The Hall–Kier alpha value is -1.52. The van der Waals surface area contributed by atoms with E-state index >= 15 is 0 Å². The molecule has 0 spiro atoms. The zero-order valence-corrected chi connectivity index (χ0v) is 6.03. The van der Waals surface area contributed by atoms with Crippen molar-refractivity contribution < 1.29 is 14.1 Å². The maximum absolute atomic E-state index is 10.6. The van der Waals surface area contributed by atoms with Crippen LogP contribution in [0.2, 0.25) is 0 Å². The minimum atomic E-state index is -0.651. The number of ether oxygens (including phenoxy) is 1. The van der Waals surface area contributed by atoms with Crippen LogP contribution in [0.4, 0.5) is 0 Å². The van der Waals surface area contributed by atoms with Gasteiger partial charge in [-0.3, -0.25) is 4.79 Å². The van der Waals surface area contributed by atoms with Gasteiger partial charge in [0, 0.05) is 0 Å². The van der Waals surface area contributed by atoms with Gasteiger partial charge in [0.1, 0.15) is 0 Å². The second-order valence-corrected chi connectivity index (χ2v) is 1.82. The van der Waals surface area contributed by atoms with Crippen molar-refractivity contribution in [3.05, 3.63) is 12.0 Å². The summed E-state index contributed by atoms with van der Waals surface area (Å²) < 4.78 is 9.46. The van der Waals surface area contributed by atoms with Gasteiger partial charge >= 0.3 is 0 Å². The van der Waals surface area contributed by atoms with Crippen molar-refractivity contribution in [1.29, 1.82) is 0 Å². The molecule has 5 heteroatoms. The van der Waals surface area contributed by atoms with Crippen molar-refractivity contribution in [2.75, 3.05) is 6.61 Å². The molecule has 0 saturated heterocycles. The molecule has 0 bridgehead atoms. The first-order valence-corrected chi connectivity index (χ1v) is 3.12. The summed E-state index contributed by atoms with van der Waals surface area (Å²) >= 11 is 0. The van der Waals surface area contributed by atoms with E-state index < -0.39 is 5.91 Å². The van der Waals surface area contributed by atoms with E-state index in [9.17, 15) is 4.79 Å². The second kappa shape index (κ2) is 3.05. The van der Waals surface area contributed by atoms with Gasteiger partial charge in [-0.25, -0.2) is 0 Å². The van der Waals surface area contributed by atoms with Gasteiger partial charge in [0.05, 0.1) is 6.61 Å². The molecule has 0 atom stereocenters. The first kappa shape index (κ1) is 7.59. The Balaban J connectivity index is 2.87. The first-order valence-electron chi connectivity index (χ1n) is 3.12. The second-order valence-electron chi connectivity index (χ2n) is 1.82. The van der Waals surface area contributed by atoms with Crippen LogP contribution in [0.3, 0.4) is 0 Å². The van der Waals surface area contributed by atoms with E-state index in [1.807, 2.05) is 0 Å². The molecule has 1 heterocycles. The molecule has 1 aromatic heterocycles. The van der Waals surface area contributed by atoms with Gasteiger partial charge in [-0.05, 0) is 6.92 Å². The van der Waals surface area contributed by atoms with Crippen LogP contribution in [0, 0.1) is 0 Å². The number of nitrogens with two attached hydrogens (primary N) is 1. The zero-order valence-electron chi connectivity index (χ0n) is 6.03. The molecule has 0 aliphatic carbocycles. The summed E-state index contributed by atoms with van der Waals surface area (Å²) in [5.41, 5.74) is 4.98. The molecular weight excluding hydrogens is 148 g/mol. The summed E-state index contributed by atoms with van der Waals surface area (Å²) in [6, 6.07) is 0. The molecule has 0 aromatic carbocycles. The summed E-state index contributed by atoms with van der Waals surface area (Å²) in [5.74, 6) is -0.359. The van der Waals surface area contributed by atoms with Crippen molar-refractivity contribution >= 4 is 5.91 Å². The predicted octanol–water partition coefficient (Wildman–Crippen LogP) is 0.172. The van der Waals surface area contributed by atoms with Gasteiger partial charge in [-0.1, -0.05) is 5.16 Å². The van der Waals surface area contributed by atoms with Crippen LogP contribution in [0.1, 0.15) is 17.4 Å². The molecule has 0 aliphatic heterocycles. The van der Waals surface area contributed by atoms with Crippen LogP contribution in [0.25, 0.3) is 0 Å². The fourth-order valence-electron chi connectivity index (χ4n) is 0.652. The van der Waals surface area contributed by atoms with E-state index in [0.717, 1.165) is 0 Å². The van der Waals surface area contributed by atoms with Crippen molar-refractivity contribution in [2.24, 2.45) is 5.73 Å². The van der Waals surface area contributed by atoms with Gasteiger partial charge < -0.3 is 15.0 Å². The molecule has 1 aromatic rings. The van der Waals surface area contributed by atoms with Crippen molar-refractivity contribution in [3.8, 4) is 5.75 Å². The fourth-order valence-corrected chi connectivity index (χ4v) is 0.652. The van der Waals surface area contributed by atoms with Crippen LogP contribution < -0.4 is 10.5 Å². The van der Waals surface area contributed by atoms with E-state index in [1.54, 1.807) is 6.92 Å². The number of rotatable bonds is 3. The maximum atomic E-state index is 10.6. The molecule has 2 N–H and O–H groups in total. The number of nitrogens with zero attached hydrogens (tertiary/aromatic N) is 1. The van der Waals surface area contributed by atoms with Crippen LogP contribution >= 0.6 is 0 Å². The Bertz CT molecular complexity index is 256. The predicted molar refractivity (Wildman–Crippen MR) is 36.2 cm³/mol. The average molecular weight is 156 g/mol. The van der Waals surface area contributed by atoms with Crippen LogP contribution in [0.15, 0.2) is 10.8 Å². The Kier molecular flexibility index (Phi) is 2.10. The number of carbonyl (C=O) groups excluding carboxylic acids is 1. The van der Waals surface area contributed by atoms with E-state index in [-0.39, 0.29) is 5.69 Å². The number of aromatic nitrogens is 1. The number of hydrogen-bond acceptors (Lipinski definition) is 4. The highest BCUT2D eigenvalue weighted by atomic mass is 16.5. The number of carbonyl (C=O) groups is 1. The fraction of sp³-hybridized carbons (Fsp3) is 0.333. The summed E-state index contributed by atoms with van der Waals surface area (Å²) in [7, 11) is 0. The number of primary amides is 1. The van der Waals surface area contributed by atoms with Gasteiger partial charge in [0.2, 0.25) is 5.69 Å². The van der Waals surface area contributed by atoms with Crippen LogP contribution in [-0.2, 0) is 0 Å². The molecule has 11 heavy (non-hydrogen) atoms. The highest BCUT2D eigenvalue weighted by molar-refractivity contribution is 5.93. The highest BCUT2D eigenvalue weighted by Gasteiger charge is 2.13. The normalized spacial score (nSPS) is 9.55. The summed E-state index contributed by atoms with van der Waals surface area (Å²) in [4.78, 5) is 10.6. The molecule has 0 saturated carbocycles. The lowest BCUT2D eigenvalue weighted by Crippen LogP contribution is -2.12. The lowest BCUT2D eigenvalue weighted by atomic mass is 10.4. The van der Waals surface area contributed by atoms with Gasteiger partial charge in [0.25, 0.3) is 5.91 Å². The topological polar surface area (TPSA) is 78.3 Å². The lowest BCUT2D eigenvalue weighted by Gasteiger charge is -1.96. The molecule has 0 aliphatic rings. The van der Waals surface area contributed by atoms with Gasteiger partial charge in [-0.2, -0.15) is 0 Å². The van der Waals surface area contributed by atoms with Gasteiger partial charge in [-0.15, -0.1) is 0 Å². The smallest absolute Gasteiger partial charge is 0.274 e. The Morgan fingerprint density at radius 2 is 2.64 bits per heavy atom. The monoisotopic (exact) mass is 156 g/mol. The van der Waals surface area contributed by atoms with E-state index in [4.69, 9.17) is 10.5 Å². The van der Waals surface area contributed by atoms with Gasteiger partial charge in [0.15, 0.2) is 12.0 Å². The molecule has 1 rings (SSSR count).